The molecule has 1 aromatic carbocycles. The van der Waals surface area contributed by atoms with Crippen LogP contribution < -0.4 is 0 Å². The van der Waals surface area contributed by atoms with Crippen LogP contribution in [0.4, 0.5) is 4.79 Å². The molecule has 1 saturated heterocycles. The van der Waals surface area contributed by atoms with Gasteiger partial charge in [-0.2, -0.15) is 5.10 Å². The highest BCUT2D eigenvalue weighted by Crippen LogP contribution is 2.32. The van der Waals surface area contributed by atoms with Crippen molar-refractivity contribution >= 4 is 23.0 Å². The fourth-order valence-corrected chi connectivity index (χ4v) is 3.03. The Morgan fingerprint density at radius 2 is 1.92 bits per heavy atom. The zero-order valence-electron chi connectivity index (χ0n) is 15.7. The molecular formula is C19H25N3O4. The topological polar surface area (TPSA) is 73.7 Å². The minimum absolute atomic E-state index is 0.0802. The van der Waals surface area contributed by atoms with Crippen LogP contribution in [0.2, 0.25) is 0 Å². The first-order valence-electron chi connectivity index (χ1n) is 8.87. The molecule has 2 heterocycles. The standard InChI is InChI=1S/C19H25N3O4/c1-5-25-16(23)12-22-15-9-7-6-8-14(15)17(20-22)13-10-21(11-13)18(24)26-19(2,3)4/h6-9,13H,5,10-12H2,1-4H3. The summed E-state index contributed by atoms with van der Waals surface area (Å²) in [5, 5.41) is 5.64. The van der Waals surface area contributed by atoms with Crippen LogP contribution in [0, 0.1) is 0 Å². The Hall–Kier alpha value is -2.57. The first-order valence-corrected chi connectivity index (χ1v) is 8.87. The summed E-state index contributed by atoms with van der Waals surface area (Å²) < 4.78 is 12.1. The van der Waals surface area contributed by atoms with E-state index in [4.69, 9.17) is 9.47 Å². The lowest BCUT2D eigenvalue weighted by Gasteiger charge is -2.39. The molecule has 1 amide bonds. The smallest absolute Gasteiger partial charge is 0.410 e. The van der Waals surface area contributed by atoms with Gasteiger partial charge < -0.3 is 14.4 Å². The lowest BCUT2D eigenvalue weighted by molar-refractivity contribution is -0.143. The van der Waals surface area contributed by atoms with Crippen LogP contribution in [0.15, 0.2) is 24.3 Å². The van der Waals surface area contributed by atoms with Crippen molar-refractivity contribution in [3.63, 3.8) is 0 Å². The Morgan fingerprint density at radius 1 is 1.23 bits per heavy atom. The highest BCUT2D eigenvalue weighted by atomic mass is 16.6. The van der Waals surface area contributed by atoms with Gasteiger partial charge in [0.2, 0.25) is 0 Å². The molecular weight excluding hydrogens is 334 g/mol. The Morgan fingerprint density at radius 3 is 2.58 bits per heavy atom. The fourth-order valence-electron chi connectivity index (χ4n) is 3.03. The molecule has 0 unspecified atom stereocenters. The first kappa shape index (κ1) is 18.2. The van der Waals surface area contributed by atoms with E-state index in [1.807, 2.05) is 45.0 Å². The van der Waals surface area contributed by atoms with Crippen LogP contribution in [-0.4, -0.2) is 52.0 Å². The van der Waals surface area contributed by atoms with E-state index < -0.39 is 5.60 Å². The Labute approximate surface area is 152 Å². The SMILES string of the molecule is CCOC(=O)Cn1nc(C2CN(C(=O)OC(C)(C)C)C2)c2ccccc21. The van der Waals surface area contributed by atoms with Crippen molar-refractivity contribution in [2.75, 3.05) is 19.7 Å². The van der Waals surface area contributed by atoms with Crippen molar-refractivity contribution < 1.29 is 19.1 Å². The second-order valence-electron chi connectivity index (χ2n) is 7.45. The van der Waals surface area contributed by atoms with Gasteiger partial charge in [-0.1, -0.05) is 18.2 Å². The minimum Gasteiger partial charge on any atom is -0.465 e. The average molecular weight is 359 g/mol. The lowest BCUT2D eigenvalue weighted by Crippen LogP contribution is -2.50. The molecule has 1 aromatic heterocycles. The predicted molar refractivity (Wildman–Crippen MR) is 96.9 cm³/mol. The average Bonchev–Trinajstić information content (AvgIpc) is 2.83. The van der Waals surface area contributed by atoms with Gasteiger partial charge >= 0.3 is 12.1 Å². The van der Waals surface area contributed by atoms with Crippen molar-refractivity contribution in [3.8, 4) is 0 Å². The van der Waals surface area contributed by atoms with E-state index in [0.717, 1.165) is 16.6 Å². The molecule has 1 aliphatic rings. The fraction of sp³-hybridized carbons (Fsp3) is 0.526. The number of nitrogens with zero attached hydrogens (tertiary/aromatic N) is 3. The number of rotatable bonds is 4. The van der Waals surface area contributed by atoms with E-state index in [1.165, 1.54) is 0 Å². The van der Waals surface area contributed by atoms with Crippen molar-refractivity contribution in [3.05, 3.63) is 30.0 Å². The highest BCUT2D eigenvalue weighted by molar-refractivity contribution is 5.84. The van der Waals surface area contributed by atoms with Crippen molar-refractivity contribution in [2.24, 2.45) is 0 Å². The van der Waals surface area contributed by atoms with Crippen LogP contribution in [-0.2, 0) is 20.8 Å². The second kappa shape index (κ2) is 6.97. The molecule has 0 spiro atoms. The van der Waals surface area contributed by atoms with Crippen molar-refractivity contribution in [2.45, 2.75) is 45.8 Å². The van der Waals surface area contributed by atoms with Crippen molar-refractivity contribution in [1.82, 2.24) is 14.7 Å². The van der Waals surface area contributed by atoms with Crippen LogP contribution in [0.5, 0.6) is 0 Å². The number of esters is 1. The summed E-state index contributed by atoms with van der Waals surface area (Å²) in [6.45, 7) is 8.90. The molecule has 0 atom stereocenters. The van der Waals surface area contributed by atoms with E-state index in [2.05, 4.69) is 5.10 Å². The Bertz CT molecular complexity index is 816. The monoisotopic (exact) mass is 359 g/mol. The number of hydrogen-bond donors (Lipinski definition) is 0. The molecule has 0 aliphatic carbocycles. The van der Waals surface area contributed by atoms with Gasteiger partial charge in [-0.3, -0.25) is 9.48 Å². The first-order chi connectivity index (χ1) is 12.3. The maximum absolute atomic E-state index is 12.1. The second-order valence-corrected chi connectivity index (χ2v) is 7.45. The van der Waals surface area contributed by atoms with Crippen molar-refractivity contribution in [1.29, 1.82) is 0 Å². The van der Waals surface area contributed by atoms with E-state index in [1.54, 1.807) is 16.5 Å². The van der Waals surface area contributed by atoms with Crippen LogP contribution in [0.1, 0.15) is 39.3 Å². The normalized spacial score (nSPS) is 15.0. The molecule has 0 N–H and O–H groups in total. The van der Waals surface area contributed by atoms with Gasteiger partial charge in [-0.25, -0.2) is 4.79 Å². The number of amides is 1. The molecule has 0 radical (unpaired) electrons. The Kier molecular flexibility index (Phi) is 4.89. The number of likely N-dealkylation sites (tertiary alicyclic amines) is 1. The Balaban J connectivity index is 1.75. The number of aromatic nitrogens is 2. The minimum atomic E-state index is -0.504. The zero-order chi connectivity index (χ0) is 18.9. The van der Waals surface area contributed by atoms with Gasteiger partial charge in [-0.15, -0.1) is 0 Å². The maximum atomic E-state index is 12.1. The van der Waals surface area contributed by atoms with Gasteiger partial charge in [0.25, 0.3) is 0 Å². The molecule has 3 rings (SSSR count). The summed E-state index contributed by atoms with van der Waals surface area (Å²) in [5.41, 5.74) is 1.30. The summed E-state index contributed by atoms with van der Waals surface area (Å²) in [6.07, 6.45) is -0.302. The summed E-state index contributed by atoms with van der Waals surface area (Å²) >= 11 is 0. The molecule has 1 fully saturated rings. The third-order valence-corrected chi connectivity index (χ3v) is 4.19. The zero-order valence-corrected chi connectivity index (χ0v) is 15.7. The summed E-state index contributed by atoms with van der Waals surface area (Å²) in [6, 6.07) is 7.81. The van der Waals surface area contributed by atoms with Gasteiger partial charge in [0, 0.05) is 24.4 Å². The number of carbonyl (C=O) groups is 2. The molecule has 0 bridgehead atoms. The molecule has 1 aliphatic heterocycles. The predicted octanol–water partition coefficient (Wildman–Crippen LogP) is 2.93. The number of hydrogen-bond acceptors (Lipinski definition) is 5. The summed E-state index contributed by atoms with van der Waals surface area (Å²) in [7, 11) is 0. The maximum Gasteiger partial charge on any atom is 0.410 e. The third-order valence-electron chi connectivity index (χ3n) is 4.19. The lowest BCUT2D eigenvalue weighted by atomic mass is 9.94. The van der Waals surface area contributed by atoms with E-state index in [-0.39, 0.29) is 24.5 Å². The number of benzene rings is 1. The van der Waals surface area contributed by atoms with E-state index >= 15 is 0 Å². The molecule has 2 aromatic rings. The van der Waals surface area contributed by atoms with Crippen LogP contribution in [0.3, 0.4) is 0 Å². The van der Waals surface area contributed by atoms with Crippen LogP contribution >= 0.6 is 0 Å². The van der Waals surface area contributed by atoms with Gasteiger partial charge in [0.05, 0.1) is 17.8 Å². The number of fused-ring (bicyclic) bond motifs is 1. The highest BCUT2D eigenvalue weighted by Gasteiger charge is 2.37. The third kappa shape index (κ3) is 3.81. The largest absolute Gasteiger partial charge is 0.465 e. The molecule has 7 heteroatoms. The van der Waals surface area contributed by atoms with Gasteiger partial charge in [-0.05, 0) is 33.8 Å². The molecule has 140 valence electrons. The van der Waals surface area contributed by atoms with E-state index in [9.17, 15) is 9.59 Å². The van der Waals surface area contributed by atoms with Crippen LogP contribution in [0.25, 0.3) is 10.9 Å². The number of para-hydroxylation sites is 1. The number of ether oxygens (including phenoxy) is 2. The molecule has 7 nitrogen and oxygen atoms in total. The van der Waals surface area contributed by atoms with E-state index in [0.29, 0.717) is 19.7 Å². The van der Waals surface area contributed by atoms with Gasteiger partial charge in [0.15, 0.2) is 0 Å². The summed E-state index contributed by atoms with van der Waals surface area (Å²) in [4.78, 5) is 25.6. The quantitative estimate of drug-likeness (QED) is 0.785. The molecule has 0 saturated carbocycles. The number of carbonyl (C=O) groups excluding carboxylic acids is 2. The van der Waals surface area contributed by atoms with Gasteiger partial charge in [0.1, 0.15) is 12.1 Å². The summed E-state index contributed by atoms with van der Waals surface area (Å²) in [5.74, 6) is -0.174. The molecule has 26 heavy (non-hydrogen) atoms.